The second kappa shape index (κ2) is 10.2. The quantitative estimate of drug-likeness (QED) is 0.288. The molecule has 1 saturated carbocycles. The van der Waals surface area contributed by atoms with E-state index < -0.39 is 50.6 Å². The average Bonchev–Trinajstić information content (AvgIpc) is 3.67. The third-order valence-electron chi connectivity index (χ3n) is 6.29. The van der Waals surface area contributed by atoms with Crippen LogP contribution in [-0.4, -0.2) is 34.0 Å². The summed E-state index contributed by atoms with van der Waals surface area (Å²) < 4.78 is 82.4. The zero-order valence-corrected chi connectivity index (χ0v) is 23.4. The van der Waals surface area contributed by atoms with E-state index in [1.807, 2.05) is 4.72 Å². The molecule has 0 amide bonds. The molecule has 1 aliphatic carbocycles. The first kappa shape index (κ1) is 28.6. The first-order valence-electron chi connectivity index (χ1n) is 12.0. The molecule has 1 aliphatic rings. The molecule has 16 heteroatoms. The molecule has 5 rings (SSSR count). The number of hydrogen-bond acceptors (Lipinski definition) is 6. The van der Waals surface area contributed by atoms with Crippen molar-refractivity contribution in [2.45, 2.75) is 25.1 Å². The van der Waals surface area contributed by atoms with Crippen molar-refractivity contribution in [1.82, 2.24) is 13.7 Å². The molecule has 0 radical (unpaired) electrons. The lowest BCUT2D eigenvalue weighted by atomic mass is 10.2. The number of anilines is 3. The standard InChI is InChI=1S/C25H20BrF4N5O5S/c1-33-20(36)11-19(31-18-8-5-13(26)9-17(18)27)21-22(33)34(24(38)35(23(21)37)15-6-7-15)16-4-2-3-14(10-16)32-41(39,40)12-25(28,29)30/h2-5,8-11,15,31-32H,6-7,12H2,1H3. The Morgan fingerprint density at radius 2 is 1.73 bits per heavy atom. The van der Waals surface area contributed by atoms with E-state index in [0.29, 0.717) is 17.3 Å². The second-order valence-electron chi connectivity index (χ2n) is 9.45. The predicted molar refractivity (Wildman–Crippen MR) is 148 cm³/mol. The lowest BCUT2D eigenvalue weighted by Crippen LogP contribution is -2.41. The van der Waals surface area contributed by atoms with Crippen LogP contribution >= 0.6 is 15.9 Å². The summed E-state index contributed by atoms with van der Waals surface area (Å²) in [6.45, 7) is 0. The van der Waals surface area contributed by atoms with E-state index in [-0.39, 0.29) is 33.8 Å². The minimum atomic E-state index is -4.99. The van der Waals surface area contributed by atoms with E-state index in [1.54, 1.807) is 6.07 Å². The number of benzene rings is 2. The van der Waals surface area contributed by atoms with Crippen LogP contribution in [0.5, 0.6) is 0 Å². The molecule has 1 fully saturated rings. The van der Waals surface area contributed by atoms with Gasteiger partial charge < -0.3 is 5.32 Å². The zero-order chi connectivity index (χ0) is 29.9. The monoisotopic (exact) mass is 657 g/mol. The number of nitrogens with one attached hydrogen (secondary N) is 2. The van der Waals surface area contributed by atoms with Crippen molar-refractivity contribution in [2.75, 3.05) is 15.8 Å². The van der Waals surface area contributed by atoms with Crippen LogP contribution in [0.25, 0.3) is 16.7 Å². The lowest BCUT2D eigenvalue weighted by Gasteiger charge is -2.19. The summed E-state index contributed by atoms with van der Waals surface area (Å²) in [5, 5.41) is 2.63. The largest absolute Gasteiger partial charge is 0.404 e. The number of sulfonamides is 1. The highest BCUT2D eigenvalue weighted by Gasteiger charge is 2.35. The van der Waals surface area contributed by atoms with Crippen molar-refractivity contribution in [2.24, 2.45) is 7.05 Å². The Morgan fingerprint density at radius 3 is 2.37 bits per heavy atom. The summed E-state index contributed by atoms with van der Waals surface area (Å²) in [7, 11) is -3.54. The van der Waals surface area contributed by atoms with Crippen LogP contribution in [0, 0.1) is 5.82 Å². The first-order valence-corrected chi connectivity index (χ1v) is 14.4. The highest BCUT2D eigenvalue weighted by Crippen LogP contribution is 2.34. The molecular formula is C25H20BrF4N5O5S. The Morgan fingerprint density at radius 1 is 1.02 bits per heavy atom. The molecule has 2 aromatic carbocycles. The highest BCUT2D eigenvalue weighted by molar-refractivity contribution is 9.10. The molecule has 0 spiro atoms. The fourth-order valence-electron chi connectivity index (χ4n) is 4.42. The van der Waals surface area contributed by atoms with E-state index >= 15 is 0 Å². The van der Waals surface area contributed by atoms with E-state index in [1.165, 1.54) is 37.4 Å². The normalized spacial score (nSPS) is 13.9. The van der Waals surface area contributed by atoms with Gasteiger partial charge in [-0.1, -0.05) is 22.0 Å². The van der Waals surface area contributed by atoms with Gasteiger partial charge in [0.1, 0.15) is 16.9 Å². The third-order valence-corrected chi connectivity index (χ3v) is 8.04. The molecule has 4 aromatic rings. The molecule has 2 heterocycles. The van der Waals surface area contributed by atoms with Crippen LogP contribution in [0.15, 0.2) is 67.4 Å². The summed E-state index contributed by atoms with van der Waals surface area (Å²) in [5.74, 6) is -2.82. The van der Waals surface area contributed by atoms with Crippen molar-refractivity contribution in [3.05, 3.63) is 90.0 Å². The lowest BCUT2D eigenvalue weighted by molar-refractivity contribution is -0.106. The average molecular weight is 658 g/mol. The number of hydrogen-bond donors (Lipinski definition) is 2. The molecular weight excluding hydrogens is 638 g/mol. The van der Waals surface area contributed by atoms with Gasteiger partial charge in [-0.3, -0.25) is 23.4 Å². The summed E-state index contributed by atoms with van der Waals surface area (Å²) >= 11 is 3.16. The zero-order valence-electron chi connectivity index (χ0n) is 21.0. The number of aryl methyl sites for hydroxylation is 1. The number of rotatable bonds is 7. The van der Waals surface area contributed by atoms with Crippen LogP contribution < -0.4 is 26.8 Å². The summed E-state index contributed by atoms with van der Waals surface area (Å²) in [6.07, 6.45) is -3.95. The van der Waals surface area contributed by atoms with Crippen LogP contribution in [0.2, 0.25) is 0 Å². The Kier molecular flexibility index (Phi) is 7.09. The first-order chi connectivity index (χ1) is 19.1. The molecule has 2 N–H and O–H groups in total. The minimum absolute atomic E-state index is 0.0384. The number of alkyl halides is 3. The van der Waals surface area contributed by atoms with Gasteiger partial charge in [0, 0.05) is 23.6 Å². The second-order valence-corrected chi connectivity index (χ2v) is 12.1. The number of nitrogens with zero attached hydrogens (tertiary/aromatic N) is 3. The number of pyridine rings is 1. The molecule has 0 unspecified atom stereocenters. The Balaban J connectivity index is 1.77. The van der Waals surface area contributed by atoms with Crippen LogP contribution in [0.1, 0.15) is 18.9 Å². The predicted octanol–water partition coefficient (Wildman–Crippen LogP) is 4.14. The van der Waals surface area contributed by atoms with Crippen molar-refractivity contribution in [3.63, 3.8) is 0 Å². The van der Waals surface area contributed by atoms with Gasteiger partial charge in [-0.2, -0.15) is 13.2 Å². The van der Waals surface area contributed by atoms with Crippen molar-refractivity contribution in [3.8, 4) is 5.69 Å². The molecule has 0 aliphatic heterocycles. The van der Waals surface area contributed by atoms with Gasteiger partial charge in [-0.15, -0.1) is 0 Å². The summed E-state index contributed by atoms with van der Waals surface area (Å²) in [5.41, 5.74) is -2.91. The van der Waals surface area contributed by atoms with E-state index in [4.69, 9.17) is 0 Å². The topological polar surface area (TPSA) is 124 Å². The summed E-state index contributed by atoms with van der Waals surface area (Å²) in [4.78, 5) is 40.4. The molecule has 2 aromatic heterocycles. The van der Waals surface area contributed by atoms with Gasteiger partial charge in [0.2, 0.25) is 10.0 Å². The Bertz CT molecular complexity index is 2000. The number of fused-ring (bicyclic) bond motifs is 1. The maximum atomic E-state index is 14.7. The minimum Gasteiger partial charge on any atom is -0.352 e. The van der Waals surface area contributed by atoms with Crippen LogP contribution in [0.4, 0.5) is 34.6 Å². The van der Waals surface area contributed by atoms with E-state index in [2.05, 4.69) is 21.2 Å². The molecule has 0 atom stereocenters. The van der Waals surface area contributed by atoms with Gasteiger partial charge in [-0.05, 0) is 49.2 Å². The van der Waals surface area contributed by atoms with Crippen molar-refractivity contribution < 1.29 is 26.0 Å². The third kappa shape index (κ3) is 5.79. The molecule has 0 bridgehead atoms. The summed E-state index contributed by atoms with van der Waals surface area (Å²) in [6, 6.07) is 9.68. The number of halogens is 5. The Labute approximate surface area is 237 Å². The molecule has 216 valence electrons. The van der Waals surface area contributed by atoms with Crippen LogP contribution in [0.3, 0.4) is 0 Å². The van der Waals surface area contributed by atoms with Gasteiger partial charge in [0.25, 0.3) is 11.1 Å². The van der Waals surface area contributed by atoms with Gasteiger partial charge in [0.05, 0.1) is 22.7 Å². The molecule has 10 nitrogen and oxygen atoms in total. The molecule has 41 heavy (non-hydrogen) atoms. The fourth-order valence-corrected chi connectivity index (χ4v) is 5.75. The molecule has 0 saturated heterocycles. The van der Waals surface area contributed by atoms with Crippen molar-refractivity contribution >= 4 is 54.0 Å². The van der Waals surface area contributed by atoms with E-state index in [0.717, 1.165) is 25.8 Å². The van der Waals surface area contributed by atoms with Crippen molar-refractivity contribution in [1.29, 1.82) is 0 Å². The fraction of sp³-hybridized carbons (Fsp3) is 0.240. The van der Waals surface area contributed by atoms with Gasteiger partial charge in [-0.25, -0.2) is 22.2 Å². The van der Waals surface area contributed by atoms with E-state index in [9.17, 15) is 40.4 Å². The maximum Gasteiger partial charge on any atom is 0.404 e. The Hall–Kier alpha value is -3.92. The van der Waals surface area contributed by atoms with Gasteiger partial charge in [0.15, 0.2) is 5.75 Å². The van der Waals surface area contributed by atoms with Gasteiger partial charge >= 0.3 is 11.9 Å². The number of aromatic nitrogens is 3. The maximum absolute atomic E-state index is 14.7. The highest BCUT2D eigenvalue weighted by atomic mass is 79.9. The van der Waals surface area contributed by atoms with Crippen LogP contribution in [-0.2, 0) is 17.1 Å². The smallest absolute Gasteiger partial charge is 0.352 e. The SMILES string of the molecule is Cn1c(=O)cc(Nc2ccc(Br)cc2F)c2c(=O)n(C3CC3)c(=O)n(-c3cccc(NS(=O)(=O)CC(F)(F)F)c3)c21.